The van der Waals surface area contributed by atoms with Gasteiger partial charge in [-0.25, -0.2) is 0 Å². The van der Waals surface area contributed by atoms with Crippen molar-refractivity contribution < 1.29 is 9.84 Å². The van der Waals surface area contributed by atoms with E-state index in [4.69, 9.17) is 4.74 Å². The predicted molar refractivity (Wildman–Crippen MR) is 97.0 cm³/mol. The monoisotopic (exact) mass is 331 g/mol. The van der Waals surface area contributed by atoms with E-state index < -0.39 is 0 Å². The average Bonchev–Trinajstić information content (AvgIpc) is 2.64. The number of piperazine rings is 1. The van der Waals surface area contributed by atoms with E-state index in [1.165, 1.54) is 32.1 Å². The first-order valence-electron chi connectivity index (χ1n) is 9.37. The maximum absolute atomic E-state index is 10.4. The molecule has 4 nitrogen and oxygen atoms in total. The van der Waals surface area contributed by atoms with Crippen molar-refractivity contribution in [2.45, 2.75) is 50.7 Å². The van der Waals surface area contributed by atoms with Gasteiger partial charge in [-0.2, -0.15) is 0 Å². The molecule has 1 saturated carbocycles. The molecule has 0 amide bonds. The van der Waals surface area contributed by atoms with E-state index in [2.05, 4.69) is 16.3 Å². The fourth-order valence-electron chi connectivity index (χ4n) is 3.97. The Bertz CT molecular complexity index is 477. The van der Waals surface area contributed by atoms with Crippen molar-refractivity contribution in [3.05, 3.63) is 36.4 Å². The molecule has 1 saturated heterocycles. The van der Waals surface area contributed by atoms with Crippen LogP contribution in [-0.4, -0.2) is 60.3 Å². The molecule has 2 aliphatic rings. The van der Waals surface area contributed by atoms with Gasteiger partial charge in [0, 0.05) is 38.8 Å². The molecule has 1 heterocycles. The fraction of sp³-hybridized carbons (Fsp3) is 0.650. The van der Waals surface area contributed by atoms with Crippen molar-refractivity contribution >= 4 is 0 Å². The first-order chi connectivity index (χ1) is 11.7. The molecule has 133 valence electrons. The summed E-state index contributed by atoms with van der Waals surface area (Å²) in [4.78, 5) is 4.93. The lowest BCUT2D eigenvalue weighted by Gasteiger charge is -2.40. The Morgan fingerprint density at radius 2 is 1.88 bits per heavy atom. The topological polar surface area (TPSA) is 35.9 Å². The number of rotatable bonds is 6. The van der Waals surface area contributed by atoms with Gasteiger partial charge >= 0.3 is 0 Å². The van der Waals surface area contributed by atoms with Gasteiger partial charge in [-0.1, -0.05) is 31.4 Å². The first kappa shape index (κ1) is 17.7. The van der Waals surface area contributed by atoms with Crippen LogP contribution in [0.25, 0.3) is 0 Å². The Morgan fingerprint density at radius 1 is 1.12 bits per heavy atom. The molecule has 1 radical (unpaired) electrons. The van der Waals surface area contributed by atoms with Gasteiger partial charge in [0.15, 0.2) is 0 Å². The van der Waals surface area contributed by atoms with Crippen LogP contribution in [0.15, 0.2) is 24.3 Å². The largest absolute Gasteiger partial charge is 0.497 e. The number of hydrogen-bond donors (Lipinski definition) is 1. The zero-order valence-electron chi connectivity index (χ0n) is 14.9. The number of β-amino-alcohol motifs (C(OH)–C–C–N with tert-alkyl or cyclic N) is 1. The van der Waals surface area contributed by atoms with Gasteiger partial charge in [-0.05, 0) is 37.0 Å². The lowest BCUT2D eigenvalue weighted by Crippen LogP contribution is -2.49. The third kappa shape index (κ3) is 4.95. The molecule has 1 aromatic carbocycles. The molecule has 1 N–H and O–H groups in total. The Morgan fingerprint density at radius 3 is 2.50 bits per heavy atom. The summed E-state index contributed by atoms with van der Waals surface area (Å²) >= 11 is 0. The van der Waals surface area contributed by atoms with Crippen LogP contribution < -0.4 is 4.74 Å². The predicted octanol–water partition coefficient (Wildman–Crippen LogP) is 2.71. The summed E-state index contributed by atoms with van der Waals surface area (Å²) in [5, 5.41) is 10.4. The van der Waals surface area contributed by atoms with Crippen molar-refractivity contribution in [1.82, 2.24) is 9.80 Å². The van der Waals surface area contributed by atoms with E-state index in [1.807, 2.05) is 24.3 Å². The lowest BCUT2D eigenvalue weighted by atomic mass is 9.94. The molecule has 2 fully saturated rings. The number of ether oxygens (including phenoxy) is 1. The molecule has 0 aromatic heterocycles. The molecule has 0 bridgehead atoms. The van der Waals surface area contributed by atoms with E-state index in [0.29, 0.717) is 6.42 Å². The second kappa shape index (κ2) is 8.84. The van der Waals surface area contributed by atoms with Crippen molar-refractivity contribution in [1.29, 1.82) is 0 Å². The van der Waals surface area contributed by atoms with E-state index in [-0.39, 0.29) is 6.10 Å². The van der Waals surface area contributed by atoms with Crippen LogP contribution in [0.2, 0.25) is 0 Å². The van der Waals surface area contributed by atoms with Crippen LogP contribution in [0.3, 0.4) is 0 Å². The number of aliphatic hydroxyl groups is 1. The summed E-state index contributed by atoms with van der Waals surface area (Å²) in [6, 6.07) is 8.76. The van der Waals surface area contributed by atoms with Crippen molar-refractivity contribution in [3.63, 3.8) is 0 Å². The van der Waals surface area contributed by atoms with E-state index in [9.17, 15) is 5.11 Å². The van der Waals surface area contributed by atoms with Gasteiger partial charge < -0.3 is 9.84 Å². The number of nitrogens with zero attached hydrogens (tertiary/aromatic N) is 2. The summed E-state index contributed by atoms with van der Waals surface area (Å²) < 4.78 is 5.18. The summed E-state index contributed by atoms with van der Waals surface area (Å²) in [6.45, 7) is 6.25. The zero-order valence-corrected chi connectivity index (χ0v) is 14.9. The van der Waals surface area contributed by atoms with Crippen LogP contribution in [-0.2, 0) is 6.42 Å². The molecule has 0 spiro atoms. The Kier molecular flexibility index (Phi) is 6.52. The molecular formula is C20H31N2O2. The highest BCUT2D eigenvalue weighted by molar-refractivity contribution is 5.27. The molecular weight excluding hydrogens is 300 g/mol. The summed E-state index contributed by atoms with van der Waals surface area (Å²) in [5.41, 5.74) is 1.16. The minimum Gasteiger partial charge on any atom is -0.497 e. The highest BCUT2D eigenvalue weighted by atomic mass is 16.5. The van der Waals surface area contributed by atoms with Crippen molar-refractivity contribution in [3.8, 4) is 5.75 Å². The fourth-order valence-corrected chi connectivity index (χ4v) is 3.97. The van der Waals surface area contributed by atoms with E-state index in [0.717, 1.165) is 43.5 Å². The minimum absolute atomic E-state index is 0.312. The first-order valence-corrected chi connectivity index (χ1v) is 9.37. The van der Waals surface area contributed by atoms with Crippen LogP contribution in [0.1, 0.15) is 37.7 Å². The maximum Gasteiger partial charge on any atom is 0.118 e. The van der Waals surface area contributed by atoms with E-state index in [1.54, 1.807) is 7.11 Å². The number of methoxy groups -OCH3 is 1. The molecule has 1 aliphatic heterocycles. The number of benzene rings is 1. The quantitative estimate of drug-likeness (QED) is 0.869. The average molecular weight is 331 g/mol. The number of aliphatic hydroxyl groups excluding tert-OH is 1. The Hall–Kier alpha value is -1.10. The van der Waals surface area contributed by atoms with Crippen molar-refractivity contribution in [2.24, 2.45) is 0 Å². The summed E-state index contributed by atoms with van der Waals surface area (Å²) in [5.74, 6) is 0.863. The van der Waals surface area contributed by atoms with Gasteiger partial charge in [0.1, 0.15) is 5.75 Å². The third-order valence-corrected chi connectivity index (χ3v) is 5.39. The van der Waals surface area contributed by atoms with Gasteiger partial charge in [0.2, 0.25) is 0 Å². The van der Waals surface area contributed by atoms with Crippen molar-refractivity contribution in [2.75, 3.05) is 33.3 Å². The molecule has 4 heteroatoms. The van der Waals surface area contributed by atoms with Crippen LogP contribution in [0.4, 0.5) is 0 Å². The highest BCUT2D eigenvalue weighted by Crippen LogP contribution is 2.24. The third-order valence-electron chi connectivity index (χ3n) is 5.39. The molecule has 1 aliphatic carbocycles. The molecule has 24 heavy (non-hydrogen) atoms. The SMILES string of the molecule is COc1ccc(CC(O)CN2C[CH]N(C3CCCCC3)CC2)cc1. The minimum atomic E-state index is -0.312. The molecule has 1 unspecified atom stereocenters. The molecule has 1 aromatic rings. The zero-order chi connectivity index (χ0) is 16.8. The summed E-state index contributed by atoms with van der Waals surface area (Å²) in [6.07, 6.45) is 7.29. The number of hydrogen-bond acceptors (Lipinski definition) is 4. The second-order valence-corrected chi connectivity index (χ2v) is 7.18. The van der Waals surface area contributed by atoms with Gasteiger partial charge in [0.05, 0.1) is 13.2 Å². The van der Waals surface area contributed by atoms with Gasteiger partial charge in [0.25, 0.3) is 0 Å². The highest BCUT2D eigenvalue weighted by Gasteiger charge is 2.26. The standard InChI is InChI=1S/C20H31N2O2/c1-24-20-9-7-17(8-10-20)15-19(23)16-21-11-13-22(14-12-21)18-5-3-2-4-6-18/h7-10,13,18-19,23H,2-6,11-12,14-16H2,1H3. The van der Waals surface area contributed by atoms with Crippen LogP contribution in [0, 0.1) is 6.54 Å². The van der Waals surface area contributed by atoms with Crippen LogP contribution in [0.5, 0.6) is 5.75 Å². The maximum atomic E-state index is 10.4. The lowest BCUT2D eigenvalue weighted by molar-refractivity contribution is 0.0705. The second-order valence-electron chi connectivity index (χ2n) is 7.18. The van der Waals surface area contributed by atoms with E-state index >= 15 is 0 Å². The van der Waals surface area contributed by atoms with Gasteiger partial charge in [-0.15, -0.1) is 0 Å². The Labute approximate surface area is 146 Å². The molecule has 3 rings (SSSR count). The normalized spacial score (nSPS) is 22.4. The Balaban J connectivity index is 1.40. The summed E-state index contributed by atoms with van der Waals surface area (Å²) in [7, 11) is 1.67. The van der Waals surface area contributed by atoms with Gasteiger partial charge in [-0.3, -0.25) is 9.80 Å². The smallest absolute Gasteiger partial charge is 0.118 e. The van der Waals surface area contributed by atoms with Crippen LogP contribution >= 0.6 is 0 Å². The molecule has 1 atom stereocenters.